The Bertz CT molecular complexity index is 472. The maximum absolute atomic E-state index is 13.6. The normalized spacial score (nSPS) is 19.6. The van der Waals surface area contributed by atoms with E-state index in [0.717, 1.165) is 0 Å². The predicted octanol–water partition coefficient (Wildman–Crippen LogP) is 5.25. The second-order valence-corrected chi connectivity index (χ2v) is 4.86. The molecule has 2 rings (SSSR count). The molecule has 1 aliphatic carbocycles. The van der Waals surface area contributed by atoms with Crippen molar-refractivity contribution < 1.29 is 22.3 Å². The Labute approximate surface area is 135 Å². The maximum atomic E-state index is 13.6. The molecule has 1 aromatic rings. The van der Waals surface area contributed by atoms with E-state index < -0.39 is 17.9 Å². The second kappa shape index (κ2) is 9.67. The van der Waals surface area contributed by atoms with Crippen LogP contribution in [0.4, 0.5) is 17.6 Å². The van der Waals surface area contributed by atoms with E-state index in [2.05, 4.69) is 9.97 Å². The van der Waals surface area contributed by atoms with Crippen LogP contribution < -0.4 is 4.74 Å². The van der Waals surface area contributed by atoms with Crippen LogP contribution in [0.25, 0.3) is 0 Å². The van der Waals surface area contributed by atoms with Gasteiger partial charge in [0.05, 0.1) is 18.2 Å². The minimum absolute atomic E-state index is 0.0359. The average Bonchev–Trinajstić information content (AvgIpc) is 2.45. The van der Waals surface area contributed by atoms with Gasteiger partial charge in [-0.05, 0) is 32.6 Å². The summed E-state index contributed by atoms with van der Waals surface area (Å²) in [6.07, 6.45) is -4.06. The fourth-order valence-electron chi connectivity index (χ4n) is 2.10. The molecule has 7 heteroatoms. The summed E-state index contributed by atoms with van der Waals surface area (Å²) in [4.78, 5) is 7.63. The van der Waals surface area contributed by atoms with Crippen molar-refractivity contribution in [3.63, 3.8) is 0 Å². The molecule has 1 aliphatic rings. The van der Waals surface area contributed by atoms with Crippen LogP contribution in [0.2, 0.25) is 0 Å². The van der Waals surface area contributed by atoms with Crippen LogP contribution in [0.15, 0.2) is 0 Å². The van der Waals surface area contributed by atoms with E-state index in [4.69, 9.17) is 4.74 Å². The monoisotopic (exact) mass is 338 g/mol. The van der Waals surface area contributed by atoms with Gasteiger partial charge in [-0.3, -0.25) is 0 Å². The lowest BCUT2D eigenvalue weighted by Crippen LogP contribution is -2.38. The van der Waals surface area contributed by atoms with Crippen molar-refractivity contribution in [2.24, 2.45) is 11.8 Å². The minimum atomic E-state index is -4.14. The summed E-state index contributed by atoms with van der Waals surface area (Å²) < 4.78 is 55.6. The van der Waals surface area contributed by atoms with Gasteiger partial charge in [0, 0.05) is 0 Å². The van der Waals surface area contributed by atoms with Crippen molar-refractivity contribution in [2.45, 2.75) is 60.6 Å². The second-order valence-electron chi connectivity index (χ2n) is 4.86. The highest BCUT2D eigenvalue weighted by Crippen LogP contribution is 2.44. The Balaban J connectivity index is 0.00000112. The van der Waals surface area contributed by atoms with Gasteiger partial charge in [0.15, 0.2) is 0 Å². The van der Waals surface area contributed by atoms with Crippen LogP contribution in [0, 0.1) is 31.5 Å². The highest BCUT2D eigenvalue weighted by atomic mass is 19.4. The van der Waals surface area contributed by atoms with E-state index in [-0.39, 0.29) is 36.9 Å². The van der Waals surface area contributed by atoms with Gasteiger partial charge in [-0.2, -0.15) is 22.5 Å². The van der Waals surface area contributed by atoms with Gasteiger partial charge in [0.25, 0.3) is 5.88 Å². The molecule has 1 saturated carbocycles. The third-order valence-electron chi connectivity index (χ3n) is 3.25. The number of alkyl halides is 3. The molecule has 134 valence electrons. The Hall–Kier alpha value is -1.40. The van der Waals surface area contributed by atoms with Crippen molar-refractivity contribution >= 4 is 0 Å². The number of hydrogen-bond acceptors (Lipinski definition) is 3. The van der Waals surface area contributed by atoms with E-state index >= 15 is 0 Å². The number of aryl methyl sites for hydroxylation is 2. The molecule has 0 spiro atoms. The Morgan fingerprint density at radius 1 is 1.04 bits per heavy atom. The van der Waals surface area contributed by atoms with Crippen LogP contribution in [-0.4, -0.2) is 22.8 Å². The first-order valence-electron chi connectivity index (χ1n) is 7.97. The molecule has 0 aromatic carbocycles. The number of rotatable bonds is 3. The first kappa shape index (κ1) is 21.6. The van der Waals surface area contributed by atoms with E-state index in [1.807, 2.05) is 27.7 Å². The van der Waals surface area contributed by atoms with E-state index in [1.54, 1.807) is 6.92 Å². The predicted molar refractivity (Wildman–Crippen MR) is 81.9 cm³/mol. The lowest BCUT2D eigenvalue weighted by atomic mass is 9.75. The molecule has 0 amide bonds. The van der Waals surface area contributed by atoms with Crippen LogP contribution in [0.3, 0.4) is 0 Å². The number of aromatic nitrogens is 2. The molecule has 1 fully saturated rings. The molecular weight excluding hydrogens is 312 g/mol. The van der Waals surface area contributed by atoms with Gasteiger partial charge >= 0.3 is 6.18 Å². The highest BCUT2D eigenvalue weighted by molar-refractivity contribution is 5.18. The molecule has 3 nitrogen and oxygen atoms in total. The first-order valence-corrected chi connectivity index (χ1v) is 7.97. The SMILES string of the molecule is CC.CC.Cc1nc(C)c(F)c(OCC2CC(C(F)(F)F)C2)n1. The Morgan fingerprint density at radius 3 is 2.04 bits per heavy atom. The van der Waals surface area contributed by atoms with Gasteiger partial charge in [0.2, 0.25) is 5.82 Å². The Kier molecular flexibility index (Phi) is 9.09. The molecule has 0 saturated heterocycles. The molecule has 0 N–H and O–H groups in total. The van der Waals surface area contributed by atoms with E-state index in [1.165, 1.54) is 6.92 Å². The number of ether oxygens (including phenoxy) is 1. The highest BCUT2D eigenvalue weighted by Gasteiger charge is 2.47. The molecular formula is C16H26F4N2O. The lowest BCUT2D eigenvalue weighted by molar-refractivity contribution is -0.206. The summed E-state index contributed by atoms with van der Waals surface area (Å²) in [5, 5.41) is 0. The third kappa shape index (κ3) is 6.31. The summed E-state index contributed by atoms with van der Waals surface area (Å²) in [5.41, 5.74) is 0.171. The zero-order chi connectivity index (χ0) is 18.2. The smallest absolute Gasteiger partial charge is 0.391 e. The van der Waals surface area contributed by atoms with Crippen molar-refractivity contribution in [1.29, 1.82) is 0 Å². The average molecular weight is 338 g/mol. The largest absolute Gasteiger partial charge is 0.475 e. The van der Waals surface area contributed by atoms with Crippen LogP contribution in [0.1, 0.15) is 52.1 Å². The maximum Gasteiger partial charge on any atom is 0.391 e. The molecule has 0 unspecified atom stereocenters. The molecule has 1 heterocycles. The first-order chi connectivity index (χ1) is 10.8. The third-order valence-corrected chi connectivity index (χ3v) is 3.25. The van der Waals surface area contributed by atoms with Crippen LogP contribution in [-0.2, 0) is 0 Å². The molecule has 0 atom stereocenters. The quantitative estimate of drug-likeness (QED) is 0.706. The lowest BCUT2D eigenvalue weighted by Gasteiger charge is -2.36. The number of nitrogens with zero attached hydrogens (tertiary/aromatic N) is 2. The van der Waals surface area contributed by atoms with Gasteiger partial charge in [-0.15, -0.1) is 0 Å². The van der Waals surface area contributed by atoms with E-state index in [0.29, 0.717) is 5.82 Å². The Morgan fingerprint density at radius 2 is 1.57 bits per heavy atom. The van der Waals surface area contributed by atoms with Crippen molar-refractivity contribution in [2.75, 3.05) is 6.61 Å². The minimum Gasteiger partial charge on any atom is -0.475 e. The van der Waals surface area contributed by atoms with Gasteiger partial charge in [-0.25, -0.2) is 4.98 Å². The van der Waals surface area contributed by atoms with Gasteiger partial charge < -0.3 is 4.74 Å². The number of hydrogen-bond donors (Lipinski definition) is 0. The number of halogens is 4. The fourth-order valence-corrected chi connectivity index (χ4v) is 2.10. The summed E-state index contributed by atoms with van der Waals surface area (Å²) in [6.45, 7) is 11.1. The summed E-state index contributed by atoms with van der Waals surface area (Å²) in [7, 11) is 0. The topological polar surface area (TPSA) is 35.0 Å². The van der Waals surface area contributed by atoms with Crippen LogP contribution in [0.5, 0.6) is 5.88 Å². The van der Waals surface area contributed by atoms with Crippen LogP contribution >= 0.6 is 0 Å². The zero-order valence-corrected chi connectivity index (χ0v) is 14.6. The van der Waals surface area contributed by atoms with Crippen molar-refractivity contribution in [3.05, 3.63) is 17.3 Å². The summed E-state index contributed by atoms with van der Waals surface area (Å²) in [5.74, 6) is -1.91. The molecule has 0 aliphatic heterocycles. The summed E-state index contributed by atoms with van der Waals surface area (Å²) in [6, 6.07) is 0. The molecule has 23 heavy (non-hydrogen) atoms. The standard InChI is InChI=1S/C12H14F4N2O.2C2H6/c1-6-10(13)11(18-7(2)17-6)19-5-8-3-9(4-8)12(14,15)16;2*1-2/h8-9H,3-5H2,1-2H3;2*1-2H3. The molecule has 1 aromatic heterocycles. The van der Waals surface area contributed by atoms with E-state index in [9.17, 15) is 17.6 Å². The fraction of sp³-hybridized carbons (Fsp3) is 0.750. The van der Waals surface area contributed by atoms with Crippen molar-refractivity contribution in [3.8, 4) is 5.88 Å². The molecule has 0 radical (unpaired) electrons. The summed E-state index contributed by atoms with van der Waals surface area (Å²) >= 11 is 0. The van der Waals surface area contributed by atoms with Gasteiger partial charge in [0.1, 0.15) is 5.82 Å². The zero-order valence-electron chi connectivity index (χ0n) is 14.6. The van der Waals surface area contributed by atoms with Crippen molar-refractivity contribution in [1.82, 2.24) is 9.97 Å². The molecule has 0 bridgehead atoms. The van der Waals surface area contributed by atoms with Gasteiger partial charge in [-0.1, -0.05) is 27.7 Å².